The number of rotatable bonds is 4. The molecule has 1 N–H and O–H groups in total. The van der Waals surface area contributed by atoms with Gasteiger partial charge in [0, 0.05) is 18.1 Å². The number of aromatic nitrogens is 2. The fraction of sp³-hybridized carbons (Fsp3) is 0.316. The second kappa shape index (κ2) is 7.29. The quantitative estimate of drug-likeness (QED) is 0.778. The highest BCUT2D eigenvalue weighted by Crippen LogP contribution is 2.32. The van der Waals surface area contributed by atoms with Crippen LogP contribution in [0.2, 0.25) is 0 Å². The van der Waals surface area contributed by atoms with Crippen LogP contribution in [-0.2, 0) is 4.74 Å². The number of nitrogens with one attached hydrogen (secondary N) is 1. The SMILES string of the molecule is O=C(NC(c1cccs1)C1CCOCC1)c1cnc2ccccc2n1. The molecule has 25 heavy (non-hydrogen) atoms. The van der Waals surface area contributed by atoms with E-state index in [-0.39, 0.29) is 11.9 Å². The Labute approximate surface area is 150 Å². The van der Waals surface area contributed by atoms with Crippen molar-refractivity contribution in [1.29, 1.82) is 0 Å². The lowest BCUT2D eigenvalue weighted by Gasteiger charge is -2.30. The molecule has 128 valence electrons. The maximum atomic E-state index is 12.8. The van der Waals surface area contributed by atoms with Crippen LogP contribution in [0.15, 0.2) is 48.0 Å². The van der Waals surface area contributed by atoms with Crippen LogP contribution in [0.25, 0.3) is 11.0 Å². The lowest BCUT2D eigenvalue weighted by Crippen LogP contribution is -2.36. The van der Waals surface area contributed by atoms with Crippen molar-refractivity contribution in [2.75, 3.05) is 13.2 Å². The first-order chi connectivity index (χ1) is 12.3. The molecule has 1 saturated heterocycles. The smallest absolute Gasteiger partial charge is 0.272 e. The molecule has 2 aromatic heterocycles. The van der Waals surface area contributed by atoms with Crippen molar-refractivity contribution in [3.63, 3.8) is 0 Å². The van der Waals surface area contributed by atoms with Gasteiger partial charge in [0.15, 0.2) is 0 Å². The maximum absolute atomic E-state index is 12.8. The average molecular weight is 353 g/mol. The van der Waals surface area contributed by atoms with E-state index in [0.717, 1.165) is 37.1 Å². The number of para-hydroxylation sites is 2. The predicted molar refractivity (Wildman–Crippen MR) is 97.6 cm³/mol. The van der Waals surface area contributed by atoms with Crippen LogP contribution < -0.4 is 5.32 Å². The molecule has 3 heterocycles. The summed E-state index contributed by atoms with van der Waals surface area (Å²) >= 11 is 1.67. The van der Waals surface area contributed by atoms with E-state index < -0.39 is 0 Å². The Morgan fingerprint density at radius 1 is 1.16 bits per heavy atom. The van der Waals surface area contributed by atoms with Gasteiger partial charge in [0.2, 0.25) is 0 Å². The number of ether oxygens (including phenoxy) is 1. The van der Waals surface area contributed by atoms with Crippen molar-refractivity contribution in [3.05, 3.63) is 58.5 Å². The zero-order valence-electron chi connectivity index (χ0n) is 13.7. The van der Waals surface area contributed by atoms with Gasteiger partial charge in [-0.25, -0.2) is 4.98 Å². The lowest BCUT2D eigenvalue weighted by molar-refractivity contribution is 0.0517. The Morgan fingerprint density at radius 3 is 2.72 bits per heavy atom. The third-order valence-corrected chi connectivity index (χ3v) is 5.51. The van der Waals surface area contributed by atoms with Crippen LogP contribution in [0.5, 0.6) is 0 Å². The average Bonchev–Trinajstić information content (AvgIpc) is 3.20. The van der Waals surface area contributed by atoms with Crippen molar-refractivity contribution < 1.29 is 9.53 Å². The molecular formula is C19H19N3O2S. The standard InChI is InChI=1S/C19H19N3O2S/c23-19(16-12-20-14-4-1-2-5-15(14)21-16)22-18(17-6-3-11-25-17)13-7-9-24-10-8-13/h1-6,11-13,18H,7-10H2,(H,22,23). The first kappa shape index (κ1) is 16.2. The number of carbonyl (C=O) groups excluding carboxylic acids is 1. The summed E-state index contributed by atoms with van der Waals surface area (Å²) in [5, 5.41) is 5.23. The molecule has 1 unspecified atom stereocenters. The van der Waals surface area contributed by atoms with Gasteiger partial charge in [0.1, 0.15) is 5.69 Å². The van der Waals surface area contributed by atoms with E-state index in [1.54, 1.807) is 17.5 Å². The van der Waals surface area contributed by atoms with E-state index in [1.165, 1.54) is 4.88 Å². The minimum Gasteiger partial charge on any atom is -0.381 e. The molecule has 5 nitrogen and oxygen atoms in total. The monoisotopic (exact) mass is 353 g/mol. The minimum absolute atomic E-state index is 0.00956. The summed E-state index contributed by atoms with van der Waals surface area (Å²) in [5.74, 6) is 0.202. The Balaban J connectivity index is 1.58. The predicted octanol–water partition coefficient (Wildman–Crippen LogP) is 3.59. The zero-order valence-corrected chi connectivity index (χ0v) is 14.5. The summed E-state index contributed by atoms with van der Waals surface area (Å²) in [5.41, 5.74) is 1.87. The largest absolute Gasteiger partial charge is 0.381 e. The van der Waals surface area contributed by atoms with Crippen LogP contribution in [0.4, 0.5) is 0 Å². The molecular weight excluding hydrogens is 334 g/mol. The molecule has 0 saturated carbocycles. The van der Waals surface area contributed by atoms with Gasteiger partial charge in [-0.1, -0.05) is 18.2 Å². The second-order valence-electron chi connectivity index (χ2n) is 6.16. The molecule has 0 radical (unpaired) electrons. The van der Waals surface area contributed by atoms with E-state index in [1.807, 2.05) is 35.7 Å². The number of nitrogens with zero attached hydrogens (tertiary/aromatic N) is 2. The molecule has 1 aliphatic heterocycles. The van der Waals surface area contributed by atoms with Gasteiger partial charge < -0.3 is 10.1 Å². The van der Waals surface area contributed by atoms with Crippen molar-refractivity contribution in [2.24, 2.45) is 5.92 Å². The van der Waals surface area contributed by atoms with Crippen LogP contribution in [0.1, 0.15) is 34.2 Å². The molecule has 6 heteroatoms. The van der Waals surface area contributed by atoms with Crippen LogP contribution in [0, 0.1) is 5.92 Å². The number of carbonyl (C=O) groups is 1. The summed E-state index contributed by atoms with van der Waals surface area (Å²) < 4.78 is 5.47. The molecule has 1 amide bonds. The van der Waals surface area contributed by atoms with E-state index in [0.29, 0.717) is 11.6 Å². The van der Waals surface area contributed by atoms with Gasteiger partial charge in [0.05, 0.1) is 23.3 Å². The van der Waals surface area contributed by atoms with Crippen LogP contribution in [0.3, 0.4) is 0 Å². The zero-order chi connectivity index (χ0) is 17.1. The molecule has 1 aromatic carbocycles. The third-order valence-electron chi connectivity index (χ3n) is 4.55. The molecule has 1 aliphatic rings. The van der Waals surface area contributed by atoms with Crippen LogP contribution >= 0.6 is 11.3 Å². The van der Waals surface area contributed by atoms with Gasteiger partial charge in [-0.15, -0.1) is 11.3 Å². The number of amides is 1. The number of fused-ring (bicyclic) bond motifs is 1. The maximum Gasteiger partial charge on any atom is 0.272 e. The summed E-state index contributed by atoms with van der Waals surface area (Å²) in [7, 11) is 0. The highest BCUT2D eigenvalue weighted by atomic mass is 32.1. The second-order valence-corrected chi connectivity index (χ2v) is 7.14. The van der Waals surface area contributed by atoms with Crippen molar-refractivity contribution in [1.82, 2.24) is 15.3 Å². The molecule has 0 bridgehead atoms. The van der Waals surface area contributed by atoms with E-state index in [9.17, 15) is 4.79 Å². The number of hydrogen-bond acceptors (Lipinski definition) is 5. The Kier molecular flexibility index (Phi) is 4.72. The molecule has 0 spiro atoms. The fourth-order valence-electron chi connectivity index (χ4n) is 3.22. The number of benzene rings is 1. The molecule has 1 atom stereocenters. The highest BCUT2D eigenvalue weighted by Gasteiger charge is 2.28. The van der Waals surface area contributed by atoms with Gasteiger partial charge in [0.25, 0.3) is 5.91 Å². The molecule has 3 aromatic rings. The van der Waals surface area contributed by atoms with Crippen molar-refractivity contribution in [3.8, 4) is 0 Å². The summed E-state index contributed by atoms with van der Waals surface area (Å²) in [6, 6.07) is 11.7. The number of thiophene rings is 1. The Bertz CT molecular complexity index is 860. The number of hydrogen-bond donors (Lipinski definition) is 1. The first-order valence-electron chi connectivity index (χ1n) is 8.45. The van der Waals surface area contributed by atoms with E-state index in [2.05, 4.69) is 21.4 Å². The topological polar surface area (TPSA) is 64.1 Å². The molecule has 4 rings (SSSR count). The fourth-order valence-corrected chi connectivity index (χ4v) is 4.09. The normalized spacial score (nSPS) is 16.6. The van der Waals surface area contributed by atoms with Gasteiger partial charge in [-0.05, 0) is 42.3 Å². The lowest BCUT2D eigenvalue weighted by atomic mass is 9.90. The van der Waals surface area contributed by atoms with Crippen LogP contribution in [-0.4, -0.2) is 29.1 Å². The third kappa shape index (κ3) is 3.55. The summed E-state index contributed by atoms with van der Waals surface area (Å²) in [6.45, 7) is 1.50. The summed E-state index contributed by atoms with van der Waals surface area (Å²) in [6.07, 6.45) is 3.45. The van der Waals surface area contributed by atoms with E-state index in [4.69, 9.17) is 4.74 Å². The Hall–Kier alpha value is -2.31. The highest BCUT2D eigenvalue weighted by molar-refractivity contribution is 7.10. The van der Waals surface area contributed by atoms with Gasteiger partial charge in [-0.2, -0.15) is 0 Å². The molecule has 1 fully saturated rings. The minimum atomic E-state index is -0.178. The van der Waals surface area contributed by atoms with E-state index >= 15 is 0 Å². The van der Waals surface area contributed by atoms with Gasteiger partial charge >= 0.3 is 0 Å². The molecule has 0 aliphatic carbocycles. The first-order valence-corrected chi connectivity index (χ1v) is 9.33. The summed E-state index contributed by atoms with van der Waals surface area (Å²) in [4.78, 5) is 22.8. The Morgan fingerprint density at radius 2 is 1.96 bits per heavy atom. The van der Waals surface area contributed by atoms with Crippen molar-refractivity contribution in [2.45, 2.75) is 18.9 Å². The van der Waals surface area contributed by atoms with Crippen molar-refractivity contribution >= 4 is 28.3 Å². The van der Waals surface area contributed by atoms with Gasteiger partial charge in [-0.3, -0.25) is 9.78 Å².